The number of benzene rings is 1. The Morgan fingerprint density at radius 1 is 1.32 bits per heavy atom. The Kier molecular flexibility index (Phi) is 3.27. The van der Waals surface area contributed by atoms with Gasteiger partial charge in [-0.15, -0.1) is 10.2 Å². The van der Waals surface area contributed by atoms with Crippen LogP contribution in [-0.2, 0) is 26.2 Å². The largest absolute Gasteiger partial charge is 0.326 e. The van der Waals surface area contributed by atoms with E-state index in [9.17, 15) is 4.39 Å². The van der Waals surface area contributed by atoms with Gasteiger partial charge in [-0.2, -0.15) is 0 Å². The Morgan fingerprint density at radius 3 is 3.05 bits per heavy atom. The predicted molar refractivity (Wildman–Crippen MR) is 68.4 cm³/mol. The van der Waals surface area contributed by atoms with Crippen molar-refractivity contribution in [1.82, 2.24) is 19.7 Å². The fraction of sp³-hybridized carbons (Fsp3) is 0.385. The topological polar surface area (TPSA) is 60.0 Å². The van der Waals surface area contributed by atoms with Gasteiger partial charge in [0.1, 0.15) is 18.0 Å². The maximum Gasteiger partial charge on any atom is 0.147 e. The zero-order valence-electron chi connectivity index (χ0n) is 10.6. The van der Waals surface area contributed by atoms with Crippen LogP contribution in [0, 0.1) is 5.82 Å². The standard InChI is InChI=1S/C13H16FN5/c14-12-2-1-10(5-11(12)6-15)7-18-3-4-19-9-16-17-13(19)8-18/h1-2,5,9H,3-4,6-8,15H2. The molecule has 1 aliphatic rings. The highest BCUT2D eigenvalue weighted by Crippen LogP contribution is 2.15. The molecule has 0 amide bonds. The van der Waals surface area contributed by atoms with Crippen LogP contribution in [0.15, 0.2) is 24.5 Å². The molecule has 2 aromatic rings. The number of aromatic nitrogens is 3. The second-order valence-electron chi connectivity index (χ2n) is 4.78. The number of nitrogens with two attached hydrogens (primary N) is 1. The molecule has 100 valence electrons. The SMILES string of the molecule is NCc1cc(CN2CCn3cnnc3C2)ccc1F. The maximum atomic E-state index is 13.4. The maximum absolute atomic E-state index is 13.4. The molecule has 0 spiro atoms. The summed E-state index contributed by atoms with van der Waals surface area (Å²) in [7, 11) is 0. The first-order valence-electron chi connectivity index (χ1n) is 6.32. The van der Waals surface area contributed by atoms with Crippen molar-refractivity contribution in [2.24, 2.45) is 5.73 Å². The minimum absolute atomic E-state index is 0.230. The average molecular weight is 261 g/mol. The number of hydrogen-bond acceptors (Lipinski definition) is 4. The number of nitrogens with zero attached hydrogens (tertiary/aromatic N) is 4. The van der Waals surface area contributed by atoms with Crippen LogP contribution >= 0.6 is 0 Å². The molecule has 0 atom stereocenters. The minimum atomic E-state index is -0.232. The Hall–Kier alpha value is -1.79. The second-order valence-corrected chi connectivity index (χ2v) is 4.78. The van der Waals surface area contributed by atoms with Crippen molar-refractivity contribution in [2.75, 3.05) is 6.54 Å². The van der Waals surface area contributed by atoms with Crippen LogP contribution in [0.1, 0.15) is 17.0 Å². The molecule has 6 heteroatoms. The van der Waals surface area contributed by atoms with Gasteiger partial charge in [-0.1, -0.05) is 12.1 Å². The van der Waals surface area contributed by atoms with Crippen LogP contribution in [0.2, 0.25) is 0 Å². The molecule has 0 unspecified atom stereocenters. The van der Waals surface area contributed by atoms with Crippen molar-refractivity contribution in [2.45, 2.75) is 26.2 Å². The Bertz CT molecular complexity index is 580. The quantitative estimate of drug-likeness (QED) is 0.891. The molecule has 2 N–H and O–H groups in total. The van der Waals surface area contributed by atoms with E-state index in [1.165, 1.54) is 6.07 Å². The fourth-order valence-corrected chi connectivity index (χ4v) is 2.39. The van der Waals surface area contributed by atoms with Crippen LogP contribution in [0.4, 0.5) is 4.39 Å². The first kappa shape index (κ1) is 12.3. The summed E-state index contributed by atoms with van der Waals surface area (Å²) in [6.45, 7) is 3.62. The summed E-state index contributed by atoms with van der Waals surface area (Å²) in [5.74, 6) is 0.747. The van der Waals surface area contributed by atoms with E-state index in [0.29, 0.717) is 5.56 Å². The minimum Gasteiger partial charge on any atom is -0.326 e. The van der Waals surface area contributed by atoms with Gasteiger partial charge in [0.25, 0.3) is 0 Å². The van der Waals surface area contributed by atoms with Crippen molar-refractivity contribution >= 4 is 0 Å². The van der Waals surface area contributed by atoms with Crippen LogP contribution < -0.4 is 5.73 Å². The highest BCUT2D eigenvalue weighted by Gasteiger charge is 2.17. The van der Waals surface area contributed by atoms with Gasteiger partial charge in [0.15, 0.2) is 0 Å². The Balaban J connectivity index is 1.72. The van der Waals surface area contributed by atoms with Gasteiger partial charge in [0.2, 0.25) is 0 Å². The predicted octanol–water partition coefficient (Wildman–Crippen LogP) is 0.892. The molecule has 3 rings (SSSR count). The van der Waals surface area contributed by atoms with Crippen molar-refractivity contribution in [3.8, 4) is 0 Å². The third-order valence-electron chi connectivity index (χ3n) is 3.45. The lowest BCUT2D eigenvalue weighted by atomic mass is 10.1. The smallest absolute Gasteiger partial charge is 0.147 e. The highest BCUT2D eigenvalue weighted by molar-refractivity contribution is 5.25. The number of fused-ring (bicyclic) bond motifs is 1. The van der Waals surface area contributed by atoms with E-state index in [-0.39, 0.29) is 12.4 Å². The fourth-order valence-electron chi connectivity index (χ4n) is 2.39. The van der Waals surface area contributed by atoms with Gasteiger partial charge in [0.05, 0.1) is 6.54 Å². The molecular weight excluding hydrogens is 245 g/mol. The van der Waals surface area contributed by atoms with Crippen LogP contribution in [-0.4, -0.2) is 26.2 Å². The lowest BCUT2D eigenvalue weighted by Gasteiger charge is -2.27. The molecule has 0 saturated heterocycles. The second kappa shape index (κ2) is 5.07. The average Bonchev–Trinajstić information content (AvgIpc) is 2.88. The van der Waals surface area contributed by atoms with Crippen molar-refractivity contribution < 1.29 is 4.39 Å². The van der Waals surface area contributed by atoms with Gasteiger partial charge in [0, 0.05) is 31.7 Å². The Labute approximate surface area is 110 Å². The van der Waals surface area contributed by atoms with Crippen LogP contribution in [0.25, 0.3) is 0 Å². The summed E-state index contributed by atoms with van der Waals surface area (Å²) < 4.78 is 15.5. The summed E-state index contributed by atoms with van der Waals surface area (Å²) >= 11 is 0. The van der Waals surface area contributed by atoms with E-state index in [1.807, 2.05) is 12.1 Å². The van der Waals surface area contributed by atoms with Crippen molar-refractivity contribution in [3.05, 3.63) is 47.3 Å². The molecule has 19 heavy (non-hydrogen) atoms. The van der Waals surface area contributed by atoms with Crippen LogP contribution in [0.5, 0.6) is 0 Å². The van der Waals surface area contributed by atoms with Gasteiger partial charge in [-0.05, 0) is 11.6 Å². The molecule has 2 heterocycles. The molecule has 5 nitrogen and oxygen atoms in total. The summed E-state index contributed by atoms with van der Waals surface area (Å²) in [6.07, 6.45) is 1.76. The first-order chi connectivity index (χ1) is 9.26. The third kappa shape index (κ3) is 2.50. The lowest BCUT2D eigenvalue weighted by Crippen LogP contribution is -2.33. The normalized spacial score (nSPS) is 15.5. The van der Waals surface area contributed by atoms with Gasteiger partial charge < -0.3 is 10.3 Å². The van der Waals surface area contributed by atoms with E-state index in [1.54, 1.807) is 6.33 Å². The molecule has 1 aromatic heterocycles. The van der Waals surface area contributed by atoms with E-state index >= 15 is 0 Å². The number of rotatable bonds is 3. The van der Waals surface area contributed by atoms with Gasteiger partial charge in [-0.3, -0.25) is 4.90 Å². The van der Waals surface area contributed by atoms with Crippen molar-refractivity contribution in [3.63, 3.8) is 0 Å². The Morgan fingerprint density at radius 2 is 2.21 bits per heavy atom. The van der Waals surface area contributed by atoms with Crippen molar-refractivity contribution in [1.29, 1.82) is 0 Å². The molecule has 1 aliphatic heterocycles. The van der Waals surface area contributed by atoms with E-state index in [4.69, 9.17) is 5.73 Å². The molecule has 0 radical (unpaired) electrons. The lowest BCUT2D eigenvalue weighted by molar-refractivity contribution is 0.208. The molecule has 0 fully saturated rings. The summed E-state index contributed by atoms with van der Waals surface area (Å²) in [5, 5.41) is 7.99. The molecular formula is C13H16FN5. The molecule has 0 aliphatic carbocycles. The first-order valence-corrected chi connectivity index (χ1v) is 6.32. The zero-order chi connectivity index (χ0) is 13.2. The molecule has 0 bridgehead atoms. The molecule has 1 aromatic carbocycles. The number of hydrogen-bond donors (Lipinski definition) is 1. The summed E-state index contributed by atoms with van der Waals surface area (Å²) in [4.78, 5) is 2.28. The van der Waals surface area contributed by atoms with E-state index < -0.39 is 0 Å². The van der Waals surface area contributed by atoms with Gasteiger partial charge in [-0.25, -0.2) is 4.39 Å². The summed E-state index contributed by atoms with van der Waals surface area (Å²) in [6, 6.07) is 5.15. The zero-order valence-corrected chi connectivity index (χ0v) is 10.6. The third-order valence-corrected chi connectivity index (χ3v) is 3.45. The van der Waals surface area contributed by atoms with Crippen LogP contribution in [0.3, 0.4) is 0 Å². The monoisotopic (exact) mass is 261 g/mol. The van der Waals surface area contributed by atoms with Gasteiger partial charge >= 0.3 is 0 Å². The summed E-state index contributed by atoms with van der Waals surface area (Å²) in [5.41, 5.74) is 7.17. The highest BCUT2D eigenvalue weighted by atomic mass is 19.1. The molecule has 0 saturated carbocycles. The van der Waals surface area contributed by atoms with E-state index in [2.05, 4.69) is 19.7 Å². The number of halogens is 1. The van der Waals surface area contributed by atoms with E-state index in [0.717, 1.165) is 37.6 Å².